The average molecular weight is 339 g/mol. The van der Waals surface area contributed by atoms with Crippen LogP contribution in [0.15, 0.2) is 54.9 Å². The molecule has 1 amide bonds. The zero-order chi connectivity index (χ0) is 17.6. The van der Waals surface area contributed by atoms with Gasteiger partial charge in [-0.15, -0.1) is 0 Å². The molecule has 0 aliphatic rings. The second kappa shape index (κ2) is 7.48. The van der Waals surface area contributed by atoms with E-state index in [4.69, 9.17) is 9.47 Å². The molecule has 2 aromatic heterocycles. The van der Waals surface area contributed by atoms with Gasteiger partial charge in [0.05, 0.1) is 7.11 Å². The Kier molecular flexibility index (Phi) is 4.94. The molecule has 7 heteroatoms. The normalized spacial score (nSPS) is 10.4. The number of hydrogen-bond acceptors (Lipinski definition) is 5. The lowest BCUT2D eigenvalue weighted by Crippen LogP contribution is -2.28. The van der Waals surface area contributed by atoms with E-state index in [9.17, 15) is 9.59 Å². The molecule has 0 bridgehead atoms. The highest BCUT2D eigenvalue weighted by molar-refractivity contribution is 5.90. The SMILES string of the molecule is COc1cccc(CNC(=O)COC(=O)c2cn3ccccc3n2)c1. The maximum atomic E-state index is 12.0. The van der Waals surface area contributed by atoms with Crippen molar-refractivity contribution in [1.29, 1.82) is 0 Å². The Morgan fingerprint density at radius 2 is 2.08 bits per heavy atom. The number of benzene rings is 1. The van der Waals surface area contributed by atoms with Crippen molar-refractivity contribution in [2.45, 2.75) is 6.54 Å². The molecule has 1 aromatic carbocycles. The number of rotatable bonds is 6. The lowest BCUT2D eigenvalue weighted by Gasteiger charge is -2.07. The molecule has 0 fully saturated rings. The zero-order valence-corrected chi connectivity index (χ0v) is 13.6. The summed E-state index contributed by atoms with van der Waals surface area (Å²) >= 11 is 0. The predicted octanol–water partition coefficient (Wildman–Crippen LogP) is 1.82. The van der Waals surface area contributed by atoms with Crippen LogP contribution < -0.4 is 10.1 Å². The molecule has 0 saturated carbocycles. The van der Waals surface area contributed by atoms with E-state index < -0.39 is 5.97 Å². The summed E-state index contributed by atoms with van der Waals surface area (Å²) in [5.41, 5.74) is 1.68. The van der Waals surface area contributed by atoms with Gasteiger partial charge in [-0.3, -0.25) is 4.79 Å². The largest absolute Gasteiger partial charge is 0.497 e. The maximum Gasteiger partial charge on any atom is 0.359 e. The number of carbonyl (C=O) groups is 2. The molecular formula is C18H17N3O4. The topological polar surface area (TPSA) is 81.9 Å². The minimum absolute atomic E-state index is 0.159. The molecule has 3 rings (SSSR count). The van der Waals surface area contributed by atoms with E-state index in [2.05, 4.69) is 10.3 Å². The lowest BCUT2D eigenvalue weighted by atomic mass is 10.2. The van der Waals surface area contributed by atoms with Crippen LogP contribution in [0.2, 0.25) is 0 Å². The first-order valence-electron chi connectivity index (χ1n) is 7.66. The number of hydrogen-bond donors (Lipinski definition) is 1. The summed E-state index contributed by atoms with van der Waals surface area (Å²) in [6, 6.07) is 12.8. The van der Waals surface area contributed by atoms with Gasteiger partial charge in [0, 0.05) is 18.9 Å². The molecule has 128 valence electrons. The Balaban J connectivity index is 1.50. The summed E-state index contributed by atoms with van der Waals surface area (Å²) in [4.78, 5) is 28.0. The molecule has 0 aliphatic heterocycles. The molecule has 25 heavy (non-hydrogen) atoms. The fourth-order valence-electron chi connectivity index (χ4n) is 2.27. The van der Waals surface area contributed by atoms with E-state index in [-0.39, 0.29) is 18.2 Å². The monoisotopic (exact) mass is 339 g/mol. The number of imidazole rings is 1. The number of aromatic nitrogens is 2. The van der Waals surface area contributed by atoms with Crippen LogP contribution >= 0.6 is 0 Å². The third-order valence-corrected chi connectivity index (χ3v) is 3.53. The van der Waals surface area contributed by atoms with Crippen LogP contribution in [0.4, 0.5) is 0 Å². The van der Waals surface area contributed by atoms with Crippen LogP contribution in [0.25, 0.3) is 5.65 Å². The summed E-state index contributed by atoms with van der Waals surface area (Å²) in [6.07, 6.45) is 3.34. The lowest BCUT2D eigenvalue weighted by molar-refractivity contribution is -0.124. The van der Waals surface area contributed by atoms with Crippen molar-refractivity contribution in [3.63, 3.8) is 0 Å². The van der Waals surface area contributed by atoms with Gasteiger partial charge in [0.2, 0.25) is 0 Å². The summed E-state index contributed by atoms with van der Waals surface area (Å²) in [7, 11) is 1.58. The summed E-state index contributed by atoms with van der Waals surface area (Å²) in [6.45, 7) is -0.0430. The number of pyridine rings is 1. The molecule has 3 aromatic rings. The van der Waals surface area contributed by atoms with Gasteiger partial charge >= 0.3 is 5.97 Å². The van der Waals surface area contributed by atoms with Gasteiger partial charge in [0.25, 0.3) is 5.91 Å². The Morgan fingerprint density at radius 1 is 1.20 bits per heavy atom. The minimum Gasteiger partial charge on any atom is -0.497 e. The van der Waals surface area contributed by atoms with E-state index in [0.717, 1.165) is 5.56 Å². The minimum atomic E-state index is -0.639. The van der Waals surface area contributed by atoms with E-state index in [1.165, 1.54) is 0 Å². The Hall–Kier alpha value is -3.35. The van der Waals surface area contributed by atoms with E-state index >= 15 is 0 Å². The molecular weight excluding hydrogens is 322 g/mol. The number of methoxy groups -OCH3 is 1. The van der Waals surface area contributed by atoms with Crippen LogP contribution in [0, 0.1) is 0 Å². The van der Waals surface area contributed by atoms with Crippen LogP contribution in [-0.4, -0.2) is 35.0 Å². The fourth-order valence-corrected chi connectivity index (χ4v) is 2.27. The van der Waals surface area contributed by atoms with Gasteiger partial charge in [-0.1, -0.05) is 18.2 Å². The number of nitrogens with one attached hydrogen (secondary N) is 1. The van der Waals surface area contributed by atoms with Gasteiger partial charge in [0.15, 0.2) is 12.3 Å². The quantitative estimate of drug-likeness (QED) is 0.693. The van der Waals surface area contributed by atoms with Gasteiger partial charge in [-0.25, -0.2) is 9.78 Å². The first-order chi connectivity index (χ1) is 12.2. The van der Waals surface area contributed by atoms with Crippen LogP contribution in [0.5, 0.6) is 5.75 Å². The van der Waals surface area contributed by atoms with Gasteiger partial charge in [-0.05, 0) is 29.8 Å². The van der Waals surface area contributed by atoms with Crippen molar-refractivity contribution in [2.75, 3.05) is 13.7 Å². The predicted molar refractivity (Wildman–Crippen MR) is 90.3 cm³/mol. The first kappa shape index (κ1) is 16.5. The molecule has 0 atom stereocenters. The van der Waals surface area contributed by atoms with Gasteiger partial charge < -0.3 is 19.2 Å². The van der Waals surface area contributed by atoms with E-state index in [1.54, 1.807) is 30.0 Å². The number of fused-ring (bicyclic) bond motifs is 1. The van der Waals surface area contributed by atoms with Crippen molar-refractivity contribution >= 4 is 17.5 Å². The summed E-state index contributed by atoms with van der Waals surface area (Å²) in [5.74, 6) is -0.315. The molecule has 0 saturated heterocycles. The number of nitrogens with zero attached hydrogens (tertiary/aromatic N) is 2. The summed E-state index contributed by atoms with van der Waals surface area (Å²) < 4.78 is 11.8. The van der Waals surface area contributed by atoms with E-state index in [1.807, 2.05) is 36.4 Å². The number of esters is 1. The number of carbonyl (C=O) groups excluding carboxylic acids is 2. The highest BCUT2D eigenvalue weighted by Crippen LogP contribution is 2.12. The molecule has 0 radical (unpaired) electrons. The molecule has 2 heterocycles. The second-order valence-corrected chi connectivity index (χ2v) is 5.30. The zero-order valence-electron chi connectivity index (χ0n) is 13.6. The number of ether oxygens (including phenoxy) is 2. The van der Waals surface area contributed by atoms with Crippen molar-refractivity contribution in [1.82, 2.24) is 14.7 Å². The van der Waals surface area contributed by atoms with Crippen LogP contribution in [0.1, 0.15) is 16.1 Å². The maximum absolute atomic E-state index is 12.0. The highest BCUT2D eigenvalue weighted by atomic mass is 16.5. The fraction of sp³-hybridized carbons (Fsp3) is 0.167. The third-order valence-electron chi connectivity index (χ3n) is 3.53. The smallest absolute Gasteiger partial charge is 0.359 e. The van der Waals surface area contributed by atoms with Crippen molar-refractivity contribution in [3.05, 3.63) is 66.1 Å². The first-order valence-corrected chi connectivity index (χ1v) is 7.66. The molecule has 0 aliphatic carbocycles. The molecule has 7 nitrogen and oxygen atoms in total. The molecule has 0 unspecified atom stereocenters. The number of amides is 1. The highest BCUT2D eigenvalue weighted by Gasteiger charge is 2.14. The average Bonchev–Trinajstić information content (AvgIpc) is 3.09. The second-order valence-electron chi connectivity index (χ2n) is 5.30. The van der Waals surface area contributed by atoms with E-state index in [0.29, 0.717) is 17.9 Å². The molecule has 0 spiro atoms. The Bertz CT molecular complexity index is 871. The van der Waals surface area contributed by atoms with Crippen LogP contribution in [0.3, 0.4) is 0 Å². The van der Waals surface area contributed by atoms with Crippen molar-refractivity contribution in [2.24, 2.45) is 0 Å². The van der Waals surface area contributed by atoms with Crippen molar-refractivity contribution in [3.8, 4) is 5.75 Å². The Labute approximate surface area is 144 Å². The van der Waals surface area contributed by atoms with Gasteiger partial charge in [-0.2, -0.15) is 0 Å². The molecule has 1 N–H and O–H groups in total. The van der Waals surface area contributed by atoms with Crippen molar-refractivity contribution < 1.29 is 19.1 Å². The summed E-state index contributed by atoms with van der Waals surface area (Å²) in [5, 5.41) is 2.69. The Morgan fingerprint density at radius 3 is 2.88 bits per heavy atom. The van der Waals surface area contributed by atoms with Gasteiger partial charge in [0.1, 0.15) is 11.4 Å². The standard InChI is InChI=1S/C18H17N3O4/c1-24-14-6-4-5-13(9-14)10-19-17(22)12-25-18(23)15-11-21-8-3-2-7-16(21)20-15/h2-9,11H,10,12H2,1H3,(H,19,22). The van der Waals surface area contributed by atoms with Crippen LogP contribution in [-0.2, 0) is 16.1 Å². The third kappa shape index (κ3) is 4.14.